The Kier molecular flexibility index (Phi) is 4.88. The Bertz CT molecular complexity index is 529. The zero-order chi connectivity index (χ0) is 13.8. The second-order valence-corrected chi connectivity index (χ2v) is 6.28. The summed E-state index contributed by atoms with van der Waals surface area (Å²) >= 11 is 5.60. The van der Waals surface area contributed by atoms with E-state index in [-0.39, 0.29) is 4.83 Å². The van der Waals surface area contributed by atoms with Crippen LogP contribution in [0.15, 0.2) is 30.3 Å². The topological polar surface area (TPSA) is 18.5 Å². The maximum Gasteiger partial charge on any atom is 0.122 e. The van der Waals surface area contributed by atoms with Gasteiger partial charge in [-0.25, -0.2) is 0 Å². The average Bonchev–Trinajstić information content (AvgIpc) is 2.94. The standard InChI is InChI=1S/C15H17BrO2S/c1-4-13-5-6-14(19-13)15(16)10-7-11(17-2)9-12(8-10)18-3/h5-9,15H,4H2,1-3H3. The zero-order valence-corrected chi connectivity index (χ0v) is 13.7. The molecule has 0 saturated carbocycles. The summed E-state index contributed by atoms with van der Waals surface area (Å²) in [6, 6.07) is 10.3. The number of methoxy groups -OCH3 is 2. The van der Waals surface area contributed by atoms with Gasteiger partial charge in [0.2, 0.25) is 0 Å². The summed E-state index contributed by atoms with van der Waals surface area (Å²) < 4.78 is 10.6. The maximum absolute atomic E-state index is 5.31. The van der Waals surface area contributed by atoms with E-state index in [9.17, 15) is 0 Å². The minimum atomic E-state index is 0.168. The molecule has 1 unspecified atom stereocenters. The van der Waals surface area contributed by atoms with Crippen molar-refractivity contribution >= 4 is 27.3 Å². The molecule has 1 atom stereocenters. The van der Waals surface area contributed by atoms with E-state index in [4.69, 9.17) is 9.47 Å². The van der Waals surface area contributed by atoms with Crippen molar-refractivity contribution in [3.8, 4) is 11.5 Å². The molecule has 102 valence electrons. The van der Waals surface area contributed by atoms with E-state index in [2.05, 4.69) is 35.0 Å². The van der Waals surface area contributed by atoms with Gasteiger partial charge >= 0.3 is 0 Å². The second kappa shape index (κ2) is 6.44. The molecule has 1 aromatic heterocycles. The molecule has 2 nitrogen and oxygen atoms in total. The van der Waals surface area contributed by atoms with E-state index in [1.807, 2.05) is 29.5 Å². The van der Waals surface area contributed by atoms with Gasteiger partial charge in [0.05, 0.1) is 19.0 Å². The molecule has 0 aliphatic carbocycles. The van der Waals surface area contributed by atoms with Crippen LogP contribution in [0.3, 0.4) is 0 Å². The lowest BCUT2D eigenvalue weighted by Gasteiger charge is -2.12. The number of aryl methyl sites for hydroxylation is 1. The third-order valence-electron chi connectivity index (χ3n) is 2.95. The van der Waals surface area contributed by atoms with Gasteiger partial charge in [-0.1, -0.05) is 22.9 Å². The van der Waals surface area contributed by atoms with Gasteiger partial charge in [-0.05, 0) is 36.2 Å². The Morgan fingerprint density at radius 1 is 1.11 bits per heavy atom. The molecule has 0 bridgehead atoms. The molecule has 0 amide bonds. The Labute approximate surface area is 126 Å². The molecular weight excluding hydrogens is 324 g/mol. The monoisotopic (exact) mass is 340 g/mol. The molecule has 0 radical (unpaired) electrons. The number of halogens is 1. The fourth-order valence-electron chi connectivity index (χ4n) is 1.86. The SMILES string of the molecule is CCc1ccc(C(Br)c2cc(OC)cc(OC)c2)s1. The Balaban J connectivity index is 2.34. The zero-order valence-electron chi connectivity index (χ0n) is 11.3. The van der Waals surface area contributed by atoms with Crippen LogP contribution in [-0.4, -0.2) is 14.2 Å². The molecule has 0 spiro atoms. The van der Waals surface area contributed by atoms with Gasteiger partial charge in [-0.15, -0.1) is 11.3 Å². The summed E-state index contributed by atoms with van der Waals surface area (Å²) in [5, 5.41) is 0. The van der Waals surface area contributed by atoms with Crippen LogP contribution < -0.4 is 9.47 Å². The Morgan fingerprint density at radius 2 is 1.74 bits per heavy atom. The average molecular weight is 341 g/mol. The summed E-state index contributed by atoms with van der Waals surface area (Å²) in [6.07, 6.45) is 1.08. The first-order valence-electron chi connectivity index (χ1n) is 6.13. The molecule has 0 aliphatic rings. The van der Waals surface area contributed by atoms with Crippen LogP contribution >= 0.6 is 27.3 Å². The highest BCUT2D eigenvalue weighted by Crippen LogP contribution is 2.38. The smallest absolute Gasteiger partial charge is 0.122 e. The van der Waals surface area contributed by atoms with E-state index < -0.39 is 0 Å². The van der Waals surface area contributed by atoms with Crippen molar-refractivity contribution < 1.29 is 9.47 Å². The van der Waals surface area contributed by atoms with Crippen LogP contribution in [0.2, 0.25) is 0 Å². The summed E-state index contributed by atoms with van der Waals surface area (Å²) in [4.78, 5) is 2.86. The third-order valence-corrected chi connectivity index (χ3v) is 5.57. The van der Waals surface area contributed by atoms with Crippen LogP contribution in [0, 0.1) is 0 Å². The van der Waals surface area contributed by atoms with Crippen LogP contribution in [0.5, 0.6) is 11.5 Å². The number of hydrogen-bond donors (Lipinski definition) is 0. The van der Waals surface area contributed by atoms with Crippen molar-refractivity contribution in [2.45, 2.75) is 18.2 Å². The number of thiophene rings is 1. The van der Waals surface area contributed by atoms with Gasteiger partial charge in [0, 0.05) is 15.8 Å². The molecule has 2 rings (SSSR count). The molecule has 19 heavy (non-hydrogen) atoms. The van der Waals surface area contributed by atoms with Gasteiger partial charge < -0.3 is 9.47 Å². The predicted octanol–water partition coefficient (Wildman–Crippen LogP) is 4.81. The second-order valence-electron chi connectivity index (χ2n) is 4.17. The fourth-order valence-corrected chi connectivity index (χ4v) is 3.52. The number of ether oxygens (including phenoxy) is 2. The van der Waals surface area contributed by atoms with E-state index in [0.717, 1.165) is 23.5 Å². The first-order chi connectivity index (χ1) is 9.17. The molecule has 0 fully saturated rings. The van der Waals surface area contributed by atoms with Crippen molar-refractivity contribution in [3.05, 3.63) is 45.6 Å². The van der Waals surface area contributed by atoms with E-state index in [1.54, 1.807) is 14.2 Å². The lowest BCUT2D eigenvalue weighted by molar-refractivity contribution is 0.393. The number of rotatable bonds is 5. The van der Waals surface area contributed by atoms with Gasteiger partial charge in [-0.2, -0.15) is 0 Å². The number of benzene rings is 1. The predicted molar refractivity (Wildman–Crippen MR) is 84.0 cm³/mol. The lowest BCUT2D eigenvalue weighted by atomic mass is 10.1. The molecule has 0 N–H and O–H groups in total. The van der Waals surface area contributed by atoms with Gasteiger partial charge in [0.15, 0.2) is 0 Å². The molecule has 1 heterocycles. The quantitative estimate of drug-likeness (QED) is 0.727. The minimum absolute atomic E-state index is 0.168. The Morgan fingerprint density at radius 3 is 2.21 bits per heavy atom. The molecule has 0 aliphatic heterocycles. The van der Waals surface area contributed by atoms with E-state index >= 15 is 0 Å². The minimum Gasteiger partial charge on any atom is -0.497 e. The molecule has 4 heteroatoms. The largest absolute Gasteiger partial charge is 0.497 e. The highest BCUT2D eigenvalue weighted by molar-refractivity contribution is 9.09. The van der Waals surface area contributed by atoms with Crippen LogP contribution in [0.1, 0.15) is 27.1 Å². The first-order valence-corrected chi connectivity index (χ1v) is 7.86. The third kappa shape index (κ3) is 3.31. The van der Waals surface area contributed by atoms with Gasteiger partial charge in [0.1, 0.15) is 11.5 Å². The summed E-state index contributed by atoms with van der Waals surface area (Å²) in [6.45, 7) is 2.17. The van der Waals surface area contributed by atoms with Crippen LogP contribution in [0.25, 0.3) is 0 Å². The van der Waals surface area contributed by atoms with Gasteiger partial charge in [-0.3, -0.25) is 0 Å². The summed E-state index contributed by atoms with van der Waals surface area (Å²) in [5.74, 6) is 1.62. The highest BCUT2D eigenvalue weighted by atomic mass is 79.9. The van der Waals surface area contributed by atoms with Crippen molar-refractivity contribution in [1.29, 1.82) is 0 Å². The van der Waals surface area contributed by atoms with Crippen LogP contribution in [0.4, 0.5) is 0 Å². The summed E-state index contributed by atoms with van der Waals surface area (Å²) in [5.41, 5.74) is 1.14. The number of hydrogen-bond acceptors (Lipinski definition) is 3. The van der Waals surface area contributed by atoms with Crippen molar-refractivity contribution in [2.24, 2.45) is 0 Å². The van der Waals surface area contributed by atoms with Crippen LogP contribution in [-0.2, 0) is 6.42 Å². The molecule has 1 aromatic carbocycles. The normalized spacial score (nSPS) is 12.2. The van der Waals surface area contributed by atoms with Gasteiger partial charge in [0.25, 0.3) is 0 Å². The maximum atomic E-state index is 5.31. The van der Waals surface area contributed by atoms with E-state index in [0.29, 0.717) is 0 Å². The molecular formula is C15H17BrO2S. The highest BCUT2D eigenvalue weighted by Gasteiger charge is 2.15. The van der Waals surface area contributed by atoms with E-state index in [1.165, 1.54) is 9.75 Å². The Hall–Kier alpha value is -1.00. The molecule has 0 saturated heterocycles. The van der Waals surface area contributed by atoms with Crippen molar-refractivity contribution in [1.82, 2.24) is 0 Å². The van der Waals surface area contributed by atoms with Crippen molar-refractivity contribution in [3.63, 3.8) is 0 Å². The first kappa shape index (κ1) is 14.4. The lowest BCUT2D eigenvalue weighted by Crippen LogP contribution is -1.94. The summed E-state index contributed by atoms with van der Waals surface area (Å²) in [7, 11) is 3.34. The molecule has 2 aromatic rings. The number of alkyl halides is 1. The fraction of sp³-hybridized carbons (Fsp3) is 0.333. The van der Waals surface area contributed by atoms with Crippen molar-refractivity contribution in [2.75, 3.05) is 14.2 Å².